The summed E-state index contributed by atoms with van der Waals surface area (Å²) in [6.45, 7) is 7.47. The van der Waals surface area contributed by atoms with E-state index in [0.29, 0.717) is 23.3 Å². The monoisotopic (exact) mass is 420 g/mol. The molecule has 31 heavy (non-hydrogen) atoms. The topological polar surface area (TPSA) is 60.9 Å². The number of benzene rings is 2. The van der Waals surface area contributed by atoms with Crippen LogP contribution in [-0.4, -0.2) is 30.6 Å². The molecule has 3 aromatic rings. The van der Waals surface area contributed by atoms with Crippen LogP contribution in [0.4, 0.5) is 5.69 Å². The number of hydrogen-bond acceptors (Lipinski definition) is 6. The lowest BCUT2D eigenvalue weighted by Gasteiger charge is -2.37. The van der Waals surface area contributed by atoms with Crippen molar-refractivity contribution in [1.82, 2.24) is 4.98 Å². The van der Waals surface area contributed by atoms with Gasteiger partial charge < -0.3 is 19.1 Å². The van der Waals surface area contributed by atoms with Crippen molar-refractivity contribution in [2.75, 3.05) is 19.1 Å². The number of likely N-dealkylation sites (N-methyl/N-ethyl adjacent to an activating group) is 1. The van der Waals surface area contributed by atoms with Crippen LogP contribution in [0.15, 0.2) is 60.7 Å². The van der Waals surface area contributed by atoms with Gasteiger partial charge in [-0.2, -0.15) is 4.98 Å². The highest BCUT2D eigenvalue weighted by atomic mass is 16.5. The highest BCUT2D eigenvalue weighted by Gasteiger charge is 2.36. The maximum Gasteiger partial charge on any atom is 0.331 e. The molecule has 1 heterocycles. The van der Waals surface area contributed by atoms with Crippen LogP contribution in [0, 0.1) is 13.8 Å². The molecule has 1 aromatic heterocycles. The van der Waals surface area contributed by atoms with E-state index in [2.05, 4.69) is 4.98 Å². The summed E-state index contributed by atoms with van der Waals surface area (Å²) in [4.78, 5) is 19.0. The Kier molecular flexibility index (Phi) is 6.49. The van der Waals surface area contributed by atoms with E-state index >= 15 is 0 Å². The van der Waals surface area contributed by atoms with Gasteiger partial charge in [-0.3, -0.25) is 0 Å². The van der Waals surface area contributed by atoms with Crippen LogP contribution in [0.25, 0.3) is 0 Å². The third-order valence-electron chi connectivity index (χ3n) is 5.33. The molecule has 0 bridgehead atoms. The van der Waals surface area contributed by atoms with Gasteiger partial charge in [-0.1, -0.05) is 36.4 Å². The highest BCUT2D eigenvalue weighted by Crippen LogP contribution is 2.41. The van der Waals surface area contributed by atoms with Crippen LogP contribution in [-0.2, 0) is 9.53 Å². The number of pyridine rings is 1. The van der Waals surface area contributed by atoms with E-state index in [0.717, 1.165) is 16.8 Å². The second-order valence-electron chi connectivity index (χ2n) is 7.76. The molecule has 0 N–H and O–H groups in total. The van der Waals surface area contributed by atoms with Gasteiger partial charge in [0.15, 0.2) is 0 Å². The number of esters is 1. The van der Waals surface area contributed by atoms with Crippen LogP contribution < -0.4 is 14.4 Å². The van der Waals surface area contributed by atoms with Gasteiger partial charge in [0, 0.05) is 18.2 Å². The van der Waals surface area contributed by atoms with E-state index in [1.54, 1.807) is 0 Å². The zero-order valence-corrected chi connectivity index (χ0v) is 18.8. The first-order valence-electron chi connectivity index (χ1n) is 10.0. The molecule has 162 valence electrons. The molecule has 0 radical (unpaired) electrons. The second-order valence-corrected chi connectivity index (χ2v) is 7.76. The van der Waals surface area contributed by atoms with Crippen LogP contribution in [0.3, 0.4) is 0 Å². The Morgan fingerprint density at radius 3 is 1.65 bits per heavy atom. The van der Waals surface area contributed by atoms with Crippen molar-refractivity contribution in [2.45, 2.75) is 33.2 Å². The number of nitrogens with zero attached hydrogens (tertiary/aromatic N) is 2. The minimum Gasteiger partial charge on any atom is -0.467 e. The maximum atomic E-state index is 12.5. The normalized spacial score (nSPS) is 11.0. The van der Waals surface area contributed by atoms with E-state index in [9.17, 15) is 4.79 Å². The van der Waals surface area contributed by atoms with Gasteiger partial charge in [-0.05, 0) is 52.0 Å². The molecule has 0 saturated heterocycles. The summed E-state index contributed by atoms with van der Waals surface area (Å²) < 4.78 is 17.2. The highest BCUT2D eigenvalue weighted by molar-refractivity contribution is 5.85. The van der Waals surface area contributed by atoms with Gasteiger partial charge in [-0.15, -0.1) is 0 Å². The molecule has 3 rings (SSSR count). The molecule has 0 saturated carbocycles. The van der Waals surface area contributed by atoms with E-state index in [1.165, 1.54) is 7.11 Å². The Morgan fingerprint density at radius 2 is 1.26 bits per heavy atom. The third-order valence-corrected chi connectivity index (χ3v) is 5.33. The minimum absolute atomic E-state index is 0.346. The van der Waals surface area contributed by atoms with Crippen molar-refractivity contribution >= 4 is 11.7 Å². The van der Waals surface area contributed by atoms with Gasteiger partial charge in [0.2, 0.25) is 11.8 Å². The molecule has 0 fully saturated rings. The fourth-order valence-electron chi connectivity index (χ4n) is 3.31. The second kappa shape index (κ2) is 9.08. The molecule has 6 heteroatoms. The molecule has 0 spiro atoms. The lowest BCUT2D eigenvalue weighted by atomic mass is 10.00. The van der Waals surface area contributed by atoms with Crippen LogP contribution in [0.1, 0.15) is 25.0 Å². The number of methoxy groups -OCH3 is 1. The van der Waals surface area contributed by atoms with Gasteiger partial charge in [0.1, 0.15) is 17.0 Å². The summed E-state index contributed by atoms with van der Waals surface area (Å²) in [6, 6.07) is 18.9. The third kappa shape index (κ3) is 4.63. The quantitative estimate of drug-likeness (QED) is 0.459. The summed E-state index contributed by atoms with van der Waals surface area (Å²) in [7, 11) is 3.24. The van der Waals surface area contributed by atoms with Gasteiger partial charge in [-0.25, -0.2) is 4.79 Å². The van der Waals surface area contributed by atoms with Gasteiger partial charge in [0.05, 0.1) is 12.8 Å². The molecule has 6 nitrogen and oxygen atoms in total. The maximum absolute atomic E-state index is 12.5. The van der Waals surface area contributed by atoms with E-state index < -0.39 is 5.54 Å². The Labute approximate surface area is 183 Å². The molecular formula is C25H28N2O4. The smallest absolute Gasteiger partial charge is 0.331 e. The fraction of sp³-hybridized carbons (Fsp3) is 0.280. The Balaban J connectivity index is 2.14. The van der Waals surface area contributed by atoms with Crippen LogP contribution in [0.5, 0.6) is 23.3 Å². The number of carbonyl (C=O) groups is 1. The fourth-order valence-corrected chi connectivity index (χ4v) is 3.31. The van der Waals surface area contributed by atoms with E-state index in [1.807, 2.05) is 100 Å². The molecule has 0 amide bonds. The Bertz CT molecular complexity index is 984. The lowest BCUT2D eigenvalue weighted by Crippen LogP contribution is -2.49. The molecule has 2 aromatic carbocycles. The largest absolute Gasteiger partial charge is 0.467 e. The first-order chi connectivity index (χ1) is 14.8. The Morgan fingerprint density at radius 1 is 0.839 bits per heavy atom. The zero-order valence-electron chi connectivity index (χ0n) is 18.8. The number of rotatable bonds is 7. The predicted octanol–water partition coefficient (Wildman–Crippen LogP) is 5.67. The molecule has 0 atom stereocenters. The summed E-state index contributed by atoms with van der Waals surface area (Å²) >= 11 is 0. The SMILES string of the molecule is COC(=O)C(C)(C)N(C)c1c(C)c(Oc2ccccc2)nc(Oc2ccccc2)c1C. The molecule has 0 aliphatic rings. The van der Waals surface area contributed by atoms with Crippen LogP contribution in [0.2, 0.25) is 0 Å². The number of hydrogen-bond donors (Lipinski definition) is 0. The average molecular weight is 421 g/mol. The number of para-hydroxylation sites is 2. The Hall–Kier alpha value is -3.54. The van der Waals surface area contributed by atoms with Crippen molar-refractivity contribution in [3.8, 4) is 23.3 Å². The molecule has 0 aliphatic heterocycles. The first kappa shape index (κ1) is 22.2. The summed E-state index contributed by atoms with van der Waals surface area (Å²) in [6.07, 6.45) is 0. The van der Waals surface area contributed by atoms with E-state index in [-0.39, 0.29) is 5.97 Å². The zero-order chi connectivity index (χ0) is 22.6. The molecular weight excluding hydrogens is 392 g/mol. The van der Waals surface area contributed by atoms with Crippen LogP contribution >= 0.6 is 0 Å². The van der Waals surface area contributed by atoms with Crippen molar-refractivity contribution in [3.63, 3.8) is 0 Å². The number of aromatic nitrogens is 1. The van der Waals surface area contributed by atoms with Gasteiger partial charge >= 0.3 is 5.97 Å². The number of anilines is 1. The summed E-state index contributed by atoms with van der Waals surface area (Å²) in [5.74, 6) is 1.79. The average Bonchev–Trinajstić information content (AvgIpc) is 2.77. The van der Waals surface area contributed by atoms with Crippen molar-refractivity contribution in [2.24, 2.45) is 0 Å². The number of carbonyl (C=O) groups excluding carboxylic acids is 1. The summed E-state index contributed by atoms with van der Waals surface area (Å²) in [5.41, 5.74) is 1.46. The first-order valence-corrected chi connectivity index (χ1v) is 10.0. The molecule has 0 unspecified atom stereocenters. The standard InChI is InChI=1S/C25H28N2O4/c1-17-21(27(5)25(3,4)24(28)29-6)18(2)23(31-20-15-11-8-12-16-20)26-22(17)30-19-13-9-7-10-14-19/h7-16H,1-6H3. The van der Waals surface area contributed by atoms with Crippen molar-refractivity contribution in [1.29, 1.82) is 0 Å². The minimum atomic E-state index is -0.917. The van der Waals surface area contributed by atoms with Crippen molar-refractivity contribution in [3.05, 3.63) is 71.8 Å². The lowest BCUT2D eigenvalue weighted by molar-refractivity contribution is -0.145. The van der Waals surface area contributed by atoms with Crippen molar-refractivity contribution < 1.29 is 19.0 Å². The van der Waals surface area contributed by atoms with Gasteiger partial charge in [0.25, 0.3) is 0 Å². The van der Waals surface area contributed by atoms with E-state index in [4.69, 9.17) is 14.2 Å². The number of ether oxygens (including phenoxy) is 3. The molecule has 0 aliphatic carbocycles. The summed E-state index contributed by atoms with van der Waals surface area (Å²) in [5, 5.41) is 0. The predicted molar refractivity (Wildman–Crippen MR) is 121 cm³/mol.